The lowest BCUT2D eigenvalue weighted by atomic mass is 9.87. The summed E-state index contributed by atoms with van der Waals surface area (Å²) in [7, 11) is 0. The van der Waals surface area contributed by atoms with E-state index in [-0.39, 0.29) is 30.6 Å². The van der Waals surface area contributed by atoms with Gasteiger partial charge in [0.05, 0.1) is 17.3 Å². The highest BCUT2D eigenvalue weighted by Gasteiger charge is 2.64. The van der Waals surface area contributed by atoms with Crippen molar-refractivity contribution in [1.82, 2.24) is 20.3 Å². The van der Waals surface area contributed by atoms with Crippen molar-refractivity contribution in [1.29, 1.82) is 0 Å². The number of aromatic nitrogens is 3. The Morgan fingerprint density at radius 2 is 1.96 bits per heavy atom. The summed E-state index contributed by atoms with van der Waals surface area (Å²) in [6.07, 6.45) is -0.771. The first kappa shape index (κ1) is 19.0. The summed E-state index contributed by atoms with van der Waals surface area (Å²) in [6, 6.07) is 6.81. The molecular weight excluding hydrogens is 369 g/mol. The SMILES string of the molecule is CC(CCc1cn[nH]n1)C(=O)N1CC(c2ccc(C3(C(F)(F)F)CC3)cc2)C1. The first-order valence-corrected chi connectivity index (χ1v) is 9.61. The van der Waals surface area contributed by atoms with Crippen molar-refractivity contribution in [3.05, 3.63) is 47.3 Å². The normalized spacial score (nSPS) is 19.9. The summed E-state index contributed by atoms with van der Waals surface area (Å²) in [5, 5.41) is 10.3. The monoisotopic (exact) mass is 392 g/mol. The third-order valence-electron chi connectivity index (χ3n) is 6.14. The van der Waals surface area contributed by atoms with Gasteiger partial charge in [0, 0.05) is 24.9 Å². The number of nitrogens with one attached hydrogen (secondary N) is 1. The molecule has 1 aliphatic heterocycles. The Kier molecular flexibility index (Phi) is 4.67. The Labute approximate surface area is 161 Å². The minimum atomic E-state index is -4.18. The molecule has 2 aromatic rings. The number of aryl methyl sites for hydroxylation is 1. The Morgan fingerprint density at radius 1 is 1.29 bits per heavy atom. The molecule has 5 nitrogen and oxygen atoms in total. The van der Waals surface area contributed by atoms with Crippen LogP contribution in [-0.4, -0.2) is 45.5 Å². The minimum absolute atomic E-state index is 0.0958. The van der Waals surface area contributed by atoms with Crippen LogP contribution in [0, 0.1) is 5.92 Å². The Morgan fingerprint density at radius 3 is 2.50 bits per heavy atom. The van der Waals surface area contributed by atoms with Crippen molar-refractivity contribution in [3.8, 4) is 0 Å². The average Bonchev–Trinajstić information content (AvgIpc) is 3.29. The van der Waals surface area contributed by atoms with Crippen LogP contribution in [0.3, 0.4) is 0 Å². The van der Waals surface area contributed by atoms with Crippen LogP contribution in [0.2, 0.25) is 0 Å². The van der Waals surface area contributed by atoms with E-state index in [4.69, 9.17) is 0 Å². The van der Waals surface area contributed by atoms with Crippen LogP contribution in [0.4, 0.5) is 13.2 Å². The number of alkyl halides is 3. The molecule has 1 aliphatic carbocycles. The van der Waals surface area contributed by atoms with E-state index in [1.807, 2.05) is 11.8 Å². The maximum Gasteiger partial charge on any atom is 0.398 e. The van der Waals surface area contributed by atoms with Crippen LogP contribution in [0.25, 0.3) is 0 Å². The molecule has 4 rings (SSSR count). The predicted molar refractivity (Wildman–Crippen MR) is 96.6 cm³/mol. The number of halogens is 3. The predicted octanol–water partition coefficient (Wildman–Crippen LogP) is 3.59. The molecule has 1 saturated carbocycles. The molecule has 8 heteroatoms. The van der Waals surface area contributed by atoms with Gasteiger partial charge >= 0.3 is 6.18 Å². The van der Waals surface area contributed by atoms with Crippen molar-refractivity contribution in [2.75, 3.05) is 13.1 Å². The number of benzene rings is 1. The van der Waals surface area contributed by atoms with Crippen molar-refractivity contribution in [2.45, 2.75) is 50.1 Å². The van der Waals surface area contributed by atoms with Gasteiger partial charge in [-0.1, -0.05) is 31.2 Å². The van der Waals surface area contributed by atoms with E-state index in [0.29, 0.717) is 31.5 Å². The summed E-state index contributed by atoms with van der Waals surface area (Å²) < 4.78 is 39.7. The van der Waals surface area contributed by atoms with Crippen molar-refractivity contribution >= 4 is 5.91 Å². The maximum atomic E-state index is 13.2. The van der Waals surface area contributed by atoms with Gasteiger partial charge in [-0.05, 0) is 36.8 Å². The lowest BCUT2D eigenvalue weighted by Gasteiger charge is -2.41. The van der Waals surface area contributed by atoms with Gasteiger partial charge in [-0.15, -0.1) is 0 Å². The van der Waals surface area contributed by atoms with Gasteiger partial charge in [0.1, 0.15) is 0 Å². The number of hydrogen-bond acceptors (Lipinski definition) is 3. The van der Waals surface area contributed by atoms with E-state index >= 15 is 0 Å². The molecule has 0 radical (unpaired) electrons. The lowest BCUT2D eigenvalue weighted by Crippen LogP contribution is -2.50. The third kappa shape index (κ3) is 3.40. The maximum absolute atomic E-state index is 13.2. The zero-order valence-electron chi connectivity index (χ0n) is 15.7. The first-order chi connectivity index (χ1) is 13.3. The van der Waals surface area contributed by atoms with Crippen LogP contribution < -0.4 is 0 Å². The molecule has 1 N–H and O–H groups in total. The summed E-state index contributed by atoms with van der Waals surface area (Å²) in [5.41, 5.74) is 0.568. The molecule has 0 bridgehead atoms. The van der Waals surface area contributed by atoms with Gasteiger partial charge in [0.15, 0.2) is 0 Å². The summed E-state index contributed by atoms with van der Waals surface area (Å²) in [5.74, 6) is 0.216. The van der Waals surface area contributed by atoms with Crippen molar-refractivity contribution in [3.63, 3.8) is 0 Å². The third-order valence-corrected chi connectivity index (χ3v) is 6.14. The standard InChI is InChI=1S/C20H23F3N4O/c1-13(2-7-17-10-24-26-25-17)18(28)27-11-15(12-27)14-3-5-16(6-4-14)19(8-9-19)20(21,22)23/h3-6,10,13,15H,2,7-9,11-12H2,1H3,(H,24,25,26). The second-order valence-corrected chi connectivity index (χ2v) is 8.04. The molecule has 1 aromatic heterocycles. The van der Waals surface area contributed by atoms with E-state index < -0.39 is 11.6 Å². The van der Waals surface area contributed by atoms with Gasteiger partial charge in [0.25, 0.3) is 0 Å². The van der Waals surface area contributed by atoms with Gasteiger partial charge in [-0.2, -0.15) is 28.6 Å². The average molecular weight is 392 g/mol. The highest BCUT2D eigenvalue weighted by molar-refractivity contribution is 5.79. The number of carbonyl (C=O) groups excluding carboxylic acids is 1. The fraction of sp³-hybridized carbons (Fsp3) is 0.550. The number of hydrogen-bond donors (Lipinski definition) is 1. The van der Waals surface area contributed by atoms with E-state index in [9.17, 15) is 18.0 Å². The summed E-state index contributed by atoms with van der Waals surface area (Å²) in [6.45, 7) is 3.16. The van der Waals surface area contributed by atoms with E-state index in [1.54, 1.807) is 30.5 Å². The molecule has 1 atom stereocenters. The zero-order chi connectivity index (χ0) is 19.9. The number of amides is 1. The van der Waals surface area contributed by atoms with Gasteiger partial charge in [-0.25, -0.2) is 0 Å². The highest BCUT2D eigenvalue weighted by atomic mass is 19.4. The van der Waals surface area contributed by atoms with Crippen LogP contribution in [-0.2, 0) is 16.6 Å². The number of nitrogens with zero attached hydrogens (tertiary/aromatic N) is 3. The number of aromatic amines is 1. The van der Waals surface area contributed by atoms with E-state index in [1.165, 1.54) is 0 Å². The Bertz CT molecular complexity index is 822. The molecule has 0 spiro atoms. The minimum Gasteiger partial charge on any atom is -0.341 e. The lowest BCUT2D eigenvalue weighted by molar-refractivity contribution is -0.160. The molecule has 2 aliphatic rings. The molecule has 28 heavy (non-hydrogen) atoms. The molecule has 1 saturated heterocycles. The number of H-pyrrole nitrogens is 1. The largest absolute Gasteiger partial charge is 0.398 e. The molecule has 150 valence electrons. The molecular formula is C20H23F3N4O. The summed E-state index contributed by atoms with van der Waals surface area (Å²) >= 11 is 0. The van der Waals surface area contributed by atoms with Crippen LogP contribution in [0.15, 0.2) is 30.5 Å². The van der Waals surface area contributed by atoms with Crippen LogP contribution in [0.1, 0.15) is 48.9 Å². The number of rotatable bonds is 6. The Hall–Kier alpha value is -2.38. The molecule has 2 fully saturated rings. The molecule has 1 amide bonds. The molecule has 1 aromatic carbocycles. The topological polar surface area (TPSA) is 61.9 Å². The second kappa shape index (κ2) is 6.90. The van der Waals surface area contributed by atoms with Gasteiger partial charge in [0.2, 0.25) is 5.91 Å². The van der Waals surface area contributed by atoms with Crippen LogP contribution >= 0.6 is 0 Å². The number of likely N-dealkylation sites (tertiary alicyclic amines) is 1. The molecule has 1 unspecified atom stereocenters. The fourth-order valence-corrected chi connectivity index (χ4v) is 3.95. The Balaban J connectivity index is 1.29. The fourth-order valence-electron chi connectivity index (χ4n) is 3.95. The quantitative estimate of drug-likeness (QED) is 0.817. The smallest absolute Gasteiger partial charge is 0.341 e. The molecule has 2 heterocycles. The van der Waals surface area contributed by atoms with E-state index in [2.05, 4.69) is 15.4 Å². The van der Waals surface area contributed by atoms with Gasteiger partial charge < -0.3 is 4.90 Å². The van der Waals surface area contributed by atoms with E-state index in [0.717, 1.165) is 11.3 Å². The van der Waals surface area contributed by atoms with Gasteiger partial charge in [-0.3, -0.25) is 4.79 Å². The number of carbonyl (C=O) groups is 1. The second-order valence-electron chi connectivity index (χ2n) is 8.04. The zero-order valence-corrected chi connectivity index (χ0v) is 15.7. The van der Waals surface area contributed by atoms with Crippen molar-refractivity contribution < 1.29 is 18.0 Å². The first-order valence-electron chi connectivity index (χ1n) is 9.61. The van der Waals surface area contributed by atoms with Crippen LogP contribution in [0.5, 0.6) is 0 Å². The highest BCUT2D eigenvalue weighted by Crippen LogP contribution is 2.58. The van der Waals surface area contributed by atoms with Crippen molar-refractivity contribution in [2.24, 2.45) is 5.92 Å². The summed E-state index contributed by atoms with van der Waals surface area (Å²) in [4.78, 5) is 14.3.